The van der Waals surface area contributed by atoms with Crippen LogP contribution in [0.1, 0.15) is 18.9 Å². The molecule has 0 aromatic heterocycles. The Morgan fingerprint density at radius 2 is 1.95 bits per heavy atom. The van der Waals surface area contributed by atoms with E-state index in [1.165, 1.54) is 6.07 Å². The lowest BCUT2D eigenvalue weighted by Crippen LogP contribution is -2.31. The molecule has 0 heterocycles. The lowest BCUT2D eigenvalue weighted by Gasteiger charge is -2.12. The second-order valence-electron chi connectivity index (χ2n) is 5.13. The molecule has 0 saturated heterocycles. The van der Waals surface area contributed by atoms with E-state index in [9.17, 15) is 8.42 Å². The van der Waals surface area contributed by atoms with Crippen molar-refractivity contribution >= 4 is 21.6 Å². The van der Waals surface area contributed by atoms with Gasteiger partial charge < -0.3 is 10.2 Å². The first kappa shape index (κ1) is 18.4. The first-order valence-corrected chi connectivity index (χ1v) is 8.86. The van der Waals surface area contributed by atoms with Crippen molar-refractivity contribution in [2.45, 2.75) is 24.8 Å². The highest BCUT2D eigenvalue weighted by molar-refractivity contribution is 7.89. The predicted molar refractivity (Wildman–Crippen MR) is 87.2 cm³/mol. The van der Waals surface area contributed by atoms with Crippen LogP contribution in [0.3, 0.4) is 0 Å². The molecule has 0 aliphatic carbocycles. The fourth-order valence-corrected chi connectivity index (χ4v) is 3.08. The third kappa shape index (κ3) is 6.32. The van der Waals surface area contributed by atoms with Gasteiger partial charge in [0.05, 0.1) is 4.90 Å². The summed E-state index contributed by atoms with van der Waals surface area (Å²) in [4.78, 5) is 2.11. The van der Waals surface area contributed by atoms with Gasteiger partial charge >= 0.3 is 0 Å². The predicted octanol–water partition coefficient (Wildman–Crippen LogP) is 1.68. The average molecular weight is 334 g/mol. The van der Waals surface area contributed by atoms with Gasteiger partial charge in [-0.15, -0.1) is 0 Å². The van der Waals surface area contributed by atoms with Gasteiger partial charge in [-0.05, 0) is 44.8 Å². The molecule has 0 unspecified atom stereocenters. The number of likely N-dealkylation sites (N-methyl/N-ethyl adjacent to an activating group) is 1. The van der Waals surface area contributed by atoms with E-state index in [-0.39, 0.29) is 4.90 Å². The standard InChI is InChI=1S/C14H24ClN3O2S/c1-4-7-16-11-12-5-6-13(10-14(12)15)21(19,20)17-8-9-18(2)3/h5-6,10,16-17H,4,7-9,11H2,1-3H3. The summed E-state index contributed by atoms with van der Waals surface area (Å²) >= 11 is 6.16. The van der Waals surface area contributed by atoms with Crippen molar-refractivity contribution in [2.75, 3.05) is 33.7 Å². The van der Waals surface area contributed by atoms with Crippen molar-refractivity contribution < 1.29 is 8.42 Å². The summed E-state index contributed by atoms with van der Waals surface area (Å²) in [7, 11) is 0.282. The van der Waals surface area contributed by atoms with Gasteiger partial charge in [-0.2, -0.15) is 0 Å². The molecule has 5 nitrogen and oxygen atoms in total. The molecule has 0 radical (unpaired) electrons. The molecule has 0 bridgehead atoms. The van der Waals surface area contributed by atoms with Crippen LogP contribution in [0.15, 0.2) is 23.1 Å². The lowest BCUT2D eigenvalue weighted by atomic mass is 10.2. The number of benzene rings is 1. The molecule has 0 aliphatic rings. The Balaban J connectivity index is 2.72. The van der Waals surface area contributed by atoms with Crippen LogP contribution in [-0.2, 0) is 16.6 Å². The summed E-state index contributed by atoms with van der Waals surface area (Å²) in [5.41, 5.74) is 0.900. The maximum absolute atomic E-state index is 12.1. The largest absolute Gasteiger partial charge is 0.313 e. The quantitative estimate of drug-likeness (QED) is 0.675. The van der Waals surface area contributed by atoms with Gasteiger partial charge in [0.1, 0.15) is 0 Å². The molecule has 0 fully saturated rings. The van der Waals surface area contributed by atoms with E-state index in [2.05, 4.69) is 17.0 Å². The Hall–Kier alpha value is -0.660. The zero-order valence-electron chi connectivity index (χ0n) is 12.8. The molecule has 0 spiro atoms. The smallest absolute Gasteiger partial charge is 0.240 e. The van der Waals surface area contributed by atoms with Crippen LogP contribution >= 0.6 is 11.6 Å². The zero-order chi connectivity index (χ0) is 15.9. The molecular weight excluding hydrogens is 310 g/mol. The second kappa shape index (κ2) is 8.70. The highest BCUT2D eigenvalue weighted by Crippen LogP contribution is 2.20. The number of rotatable bonds is 9. The van der Waals surface area contributed by atoms with E-state index in [1.807, 2.05) is 19.0 Å². The first-order valence-electron chi connectivity index (χ1n) is 7.00. The van der Waals surface area contributed by atoms with E-state index in [0.29, 0.717) is 24.7 Å². The van der Waals surface area contributed by atoms with Crippen LogP contribution in [-0.4, -0.2) is 47.0 Å². The van der Waals surface area contributed by atoms with E-state index in [4.69, 9.17) is 11.6 Å². The molecule has 0 aliphatic heterocycles. The van der Waals surface area contributed by atoms with E-state index >= 15 is 0 Å². The SMILES string of the molecule is CCCNCc1ccc(S(=O)(=O)NCCN(C)C)cc1Cl. The van der Waals surface area contributed by atoms with Crippen molar-refractivity contribution in [3.63, 3.8) is 0 Å². The highest BCUT2D eigenvalue weighted by atomic mass is 35.5. The van der Waals surface area contributed by atoms with Crippen molar-refractivity contribution in [3.05, 3.63) is 28.8 Å². The van der Waals surface area contributed by atoms with Crippen molar-refractivity contribution in [2.24, 2.45) is 0 Å². The molecule has 2 N–H and O–H groups in total. The molecule has 120 valence electrons. The normalized spacial score (nSPS) is 12.0. The molecule has 21 heavy (non-hydrogen) atoms. The third-order valence-electron chi connectivity index (χ3n) is 2.93. The van der Waals surface area contributed by atoms with E-state index in [0.717, 1.165) is 18.5 Å². The summed E-state index contributed by atoms with van der Waals surface area (Å²) in [5, 5.41) is 3.71. The van der Waals surface area contributed by atoms with Gasteiger partial charge in [0.25, 0.3) is 0 Å². The minimum atomic E-state index is -3.50. The van der Waals surface area contributed by atoms with Gasteiger partial charge in [-0.1, -0.05) is 24.6 Å². The Bertz CT molecular complexity index is 547. The summed E-state index contributed by atoms with van der Waals surface area (Å²) in [5.74, 6) is 0. The number of nitrogens with one attached hydrogen (secondary N) is 2. The second-order valence-corrected chi connectivity index (χ2v) is 7.31. The van der Waals surface area contributed by atoms with E-state index < -0.39 is 10.0 Å². The number of halogens is 1. The highest BCUT2D eigenvalue weighted by Gasteiger charge is 2.15. The number of sulfonamides is 1. The van der Waals surface area contributed by atoms with Crippen LogP contribution in [0.2, 0.25) is 5.02 Å². The third-order valence-corrected chi connectivity index (χ3v) is 4.74. The molecule has 1 aromatic rings. The number of hydrogen-bond donors (Lipinski definition) is 2. The minimum absolute atomic E-state index is 0.200. The van der Waals surface area contributed by atoms with Crippen LogP contribution in [0.25, 0.3) is 0 Å². The van der Waals surface area contributed by atoms with Gasteiger partial charge in [0.15, 0.2) is 0 Å². The topological polar surface area (TPSA) is 61.4 Å². The van der Waals surface area contributed by atoms with Gasteiger partial charge in [-0.3, -0.25) is 0 Å². The van der Waals surface area contributed by atoms with Crippen LogP contribution in [0.5, 0.6) is 0 Å². The maximum Gasteiger partial charge on any atom is 0.240 e. The average Bonchev–Trinajstić information content (AvgIpc) is 2.40. The molecule has 0 atom stereocenters. The lowest BCUT2D eigenvalue weighted by molar-refractivity contribution is 0.412. The molecule has 0 saturated carbocycles. The molecule has 1 aromatic carbocycles. The monoisotopic (exact) mass is 333 g/mol. The Labute approximate surface area is 132 Å². The molecule has 0 amide bonds. The molecule has 7 heteroatoms. The Morgan fingerprint density at radius 1 is 1.24 bits per heavy atom. The van der Waals surface area contributed by atoms with Gasteiger partial charge in [0.2, 0.25) is 10.0 Å². The van der Waals surface area contributed by atoms with Crippen LogP contribution < -0.4 is 10.0 Å². The summed E-state index contributed by atoms with van der Waals surface area (Å²) in [6, 6.07) is 4.85. The fraction of sp³-hybridized carbons (Fsp3) is 0.571. The number of nitrogens with zero attached hydrogens (tertiary/aromatic N) is 1. The van der Waals surface area contributed by atoms with E-state index in [1.54, 1.807) is 12.1 Å². The Morgan fingerprint density at radius 3 is 2.52 bits per heavy atom. The maximum atomic E-state index is 12.1. The van der Waals surface area contributed by atoms with Crippen LogP contribution in [0.4, 0.5) is 0 Å². The van der Waals surface area contributed by atoms with Crippen molar-refractivity contribution in [3.8, 4) is 0 Å². The fourth-order valence-electron chi connectivity index (χ4n) is 1.73. The number of hydrogen-bond acceptors (Lipinski definition) is 4. The summed E-state index contributed by atoms with van der Waals surface area (Å²) in [6.07, 6.45) is 1.04. The summed E-state index contributed by atoms with van der Waals surface area (Å²) < 4.78 is 26.8. The van der Waals surface area contributed by atoms with Crippen molar-refractivity contribution in [1.29, 1.82) is 0 Å². The van der Waals surface area contributed by atoms with Gasteiger partial charge in [0, 0.05) is 24.7 Å². The van der Waals surface area contributed by atoms with Crippen molar-refractivity contribution in [1.82, 2.24) is 14.9 Å². The first-order chi connectivity index (χ1) is 9.86. The molecular formula is C14H24ClN3O2S. The van der Waals surface area contributed by atoms with Gasteiger partial charge in [-0.25, -0.2) is 13.1 Å². The Kier molecular flexibility index (Phi) is 7.62. The molecule has 1 rings (SSSR count). The zero-order valence-corrected chi connectivity index (χ0v) is 14.4. The van der Waals surface area contributed by atoms with Crippen LogP contribution in [0, 0.1) is 0 Å². The summed E-state index contributed by atoms with van der Waals surface area (Å²) in [6.45, 7) is 4.64. The minimum Gasteiger partial charge on any atom is -0.313 e.